The number of aryl methyl sites for hydroxylation is 2. The molecular weight excluding hydrogens is 488 g/mol. The molecule has 4 amide bonds. The van der Waals surface area contributed by atoms with Crippen LogP contribution in [-0.2, 0) is 32.6 Å². The smallest absolute Gasteiger partial charge is 0.245 e. The minimum Gasteiger partial charge on any atom is -0.392 e. The number of carbonyl (C=O) groups is 4. The van der Waals surface area contributed by atoms with E-state index >= 15 is 0 Å². The second-order valence-corrected chi connectivity index (χ2v) is 10.8. The van der Waals surface area contributed by atoms with E-state index in [1.807, 2.05) is 40.1 Å². The Bertz CT molecular complexity index is 933. The molecule has 0 saturated carbocycles. The van der Waals surface area contributed by atoms with Crippen molar-refractivity contribution in [1.82, 2.24) is 24.9 Å². The molecule has 11 nitrogen and oxygen atoms in total. The maximum atomic E-state index is 13.1. The highest BCUT2D eigenvalue weighted by atomic mass is 16.3. The molecule has 1 rings (SSSR count). The third-order valence-corrected chi connectivity index (χ3v) is 7.08. The van der Waals surface area contributed by atoms with E-state index in [1.165, 1.54) is 23.9 Å². The van der Waals surface area contributed by atoms with Gasteiger partial charge in [0.05, 0.1) is 18.2 Å². The Balaban J connectivity index is 2.66. The van der Waals surface area contributed by atoms with Crippen LogP contribution in [0.2, 0.25) is 0 Å². The number of amides is 4. The molecule has 0 bridgehead atoms. The first-order valence-electron chi connectivity index (χ1n) is 13.5. The summed E-state index contributed by atoms with van der Waals surface area (Å²) < 4.78 is 1.75. The largest absolute Gasteiger partial charge is 0.392 e. The van der Waals surface area contributed by atoms with Crippen LogP contribution in [0, 0.1) is 11.8 Å². The van der Waals surface area contributed by atoms with Gasteiger partial charge in [-0.2, -0.15) is 5.10 Å². The van der Waals surface area contributed by atoms with Crippen LogP contribution in [0.4, 0.5) is 0 Å². The van der Waals surface area contributed by atoms with E-state index < -0.39 is 47.9 Å². The van der Waals surface area contributed by atoms with E-state index in [9.17, 15) is 24.3 Å². The summed E-state index contributed by atoms with van der Waals surface area (Å²) >= 11 is 0. The van der Waals surface area contributed by atoms with Gasteiger partial charge in [0, 0.05) is 27.3 Å². The van der Waals surface area contributed by atoms with Crippen molar-refractivity contribution in [1.29, 1.82) is 0 Å². The van der Waals surface area contributed by atoms with Crippen molar-refractivity contribution < 1.29 is 24.3 Å². The Morgan fingerprint density at radius 3 is 2.24 bits per heavy atom. The van der Waals surface area contributed by atoms with Gasteiger partial charge in [-0.3, -0.25) is 23.9 Å². The van der Waals surface area contributed by atoms with E-state index in [0.717, 1.165) is 25.0 Å². The fraction of sp³-hybridized carbons (Fsp3) is 0.741. The molecule has 0 unspecified atom stereocenters. The van der Waals surface area contributed by atoms with Gasteiger partial charge in [-0.1, -0.05) is 27.7 Å². The molecule has 1 aromatic rings. The van der Waals surface area contributed by atoms with Gasteiger partial charge in [0.2, 0.25) is 23.6 Å². The molecule has 0 spiro atoms. The second kappa shape index (κ2) is 15.5. The fourth-order valence-corrected chi connectivity index (χ4v) is 4.34. The first-order valence-corrected chi connectivity index (χ1v) is 13.5. The standard InChI is InChI=1S/C27H48N6O5/c1-9-21(27(38)32(7)19(5)26(37)33(8)22(25(28)36)15-17(2)3)29-24(35)16-23(34)18(4)11-10-12-20-13-14-31(6)30-20/h13-14,17-19,21-23,34H,9-12,15-16H2,1-8H3,(H2,28,36)(H,29,35)/t18-,19-,21+,22+,23+/m1/s1. The predicted octanol–water partition coefficient (Wildman–Crippen LogP) is 1.23. The molecule has 0 saturated heterocycles. The molecular formula is C27H48N6O5. The molecule has 1 heterocycles. The first-order chi connectivity index (χ1) is 17.7. The molecule has 0 aliphatic rings. The number of aromatic nitrogens is 2. The van der Waals surface area contributed by atoms with Crippen LogP contribution < -0.4 is 11.1 Å². The predicted molar refractivity (Wildman–Crippen MR) is 146 cm³/mol. The normalized spacial score (nSPS) is 15.3. The van der Waals surface area contributed by atoms with Crippen LogP contribution in [0.25, 0.3) is 0 Å². The number of nitrogens with two attached hydrogens (primary N) is 1. The van der Waals surface area contributed by atoms with Crippen molar-refractivity contribution in [3.05, 3.63) is 18.0 Å². The molecule has 0 fully saturated rings. The quantitative estimate of drug-likeness (QED) is 0.289. The van der Waals surface area contributed by atoms with Gasteiger partial charge in [0.1, 0.15) is 18.1 Å². The van der Waals surface area contributed by atoms with Gasteiger partial charge in [0.15, 0.2) is 0 Å². The van der Waals surface area contributed by atoms with E-state index in [0.29, 0.717) is 12.8 Å². The van der Waals surface area contributed by atoms with Crippen LogP contribution in [0.5, 0.6) is 0 Å². The number of likely N-dealkylation sites (N-methyl/N-ethyl adjacent to an activating group) is 2. The van der Waals surface area contributed by atoms with Crippen LogP contribution in [0.3, 0.4) is 0 Å². The summed E-state index contributed by atoms with van der Waals surface area (Å²) in [6, 6.07) is -0.524. The molecule has 0 aliphatic heterocycles. The van der Waals surface area contributed by atoms with Crippen molar-refractivity contribution in [3.63, 3.8) is 0 Å². The topological polar surface area (TPSA) is 151 Å². The number of hydrogen-bond acceptors (Lipinski definition) is 6. The van der Waals surface area contributed by atoms with Gasteiger partial charge >= 0.3 is 0 Å². The number of primary amides is 1. The maximum Gasteiger partial charge on any atom is 0.245 e. The van der Waals surface area contributed by atoms with Gasteiger partial charge in [0.25, 0.3) is 0 Å². The lowest BCUT2D eigenvalue weighted by Gasteiger charge is -2.34. The number of rotatable bonds is 16. The zero-order chi connectivity index (χ0) is 29.2. The zero-order valence-corrected chi connectivity index (χ0v) is 24.3. The van der Waals surface area contributed by atoms with Crippen molar-refractivity contribution in [2.24, 2.45) is 24.6 Å². The Labute approximate surface area is 227 Å². The molecule has 11 heteroatoms. The SMILES string of the molecule is CC[C@H](NC(=O)C[C@H](O)[C@H](C)CCCc1ccn(C)n1)C(=O)N(C)[C@H](C)C(=O)N(C)[C@@H](CC(C)C)C(N)=O. The maximum absolute atomic E-state index is 13.1. The molecule has 38 heavy (non-hydrogen) atoms. The van der Waals surface area contributed by atoms with Crippen LogP contribution in [-0.4, -0.2) is 86.6 Å². The Hall–Kier alpha value is -2.95. The highest BCUT2D eigenvalue weighted by Crippen LogP contribution is 2.17. The molecule has 5 atom stereocenters. The van der Waals surface area contributed by atoms with E-state index in [-0.39, 0.29) is 18.3 Å². The summed E-state index contributed by atoms with van der Waals surface area (Å²) in [7, 11) is 4.87. The van der Waals surface area contributed by atoms with Crippen molar-refractivity contribution in [3.8, 4) is 0 Å². The van der Waals surface area contributed by atoms with Gasteiger partial charge in [-0.15, -0.1) is 0 Å². The fourth-order valence-electron chi connectivity index (χ4n) is 4.34. The van der Waals surface area contributed by atoms with Crippen LogP contribution >= 0.6 is 0 Å². The highest BCUT2D eigenvalue weighted by molar-refractivity contribution is 5.93. The number of nitrogens with zero attached hydrogens (tertiary/aromatic N) is 4. The molecule has 216 valence electrons. The van der Waals surface area contributed by atoms with Crippen molar-refractivity contribution in [2.75, 3.05) is 14.1 Å². The average Bonchev–Trinajstić information content (AvgIpc) is 3.27. The monoisotopic (exact) mass is 536 g/mol. The summed E-state index contributed by atoms with van der Waals surface area (Å²) in [4.78, 5) is 53.3. The second-order valence-electron chi connectivity index (χ2n) is 10.8. The summed E-state index contributed by atoms with van der Waals surface area (Å²) in [6.45, 7) is 9.10. The number of aliphatic hydroxyl groups is 1. The number of hydrogen-bond donors (Lipinski definition) is 3. The Morgan fingerprint density at radius 2 is 1.74 bits per heavy atom. The number of carbonyl (C=O) groups excluding carboxylic acids is 4. The van der Waals surface area contributed by atoms with Crippen LogP contribution in [0.15, 0.2) is 12.3 Å². The molecule has 0 aromatic carbocycles. The summed E-state index contributed by atoms with van der Waals surface area (Å²) in [5.74, 6) is -1.81. The zero-order valence-electron chi connectivity index (χ0n) is 24.3. The lowest BCUT2D eigenvalue weighted by Crippen LogP contribution is -2.56. The average molecular weight is 537 g/mol. The lowest BCUT2D eigenvalue weighted by molar-refractivity contribution is -0.148. The summed E-state index contributed by atoms with van der Waals surface area (Å²) in [6.07, 6.45) is 4.03. The summed E-state index contributed by atoms with van der Waals surface area (Å²) in [5, 5.41) is 17.6. The Morgan fingerprint density at radius 1 is 1.11 bits per heavy atom. The Kier molecular flexibility index (Phi) is 13.5. The molecule has 0 aliphatic carbocycles. The van der Waals surface area contributed by atoms with Gasteiger partial charge < -0.3 is 26.0 Å². The highest BCUT2D eigenvalue weighted by Gasteiger charge is 2.34. The summed E-state index contributed by atoms with van der Waals surface area (Å²) in [5.41, 5.74) is 6.50. The minimum atomic E-state index is -0.864. The third kappa shape index (κ3) is 10.1. The van der Waals surface area contributed by atoms with Gasteiger partial charge in [-0.25, -0.2) is 0 Å². The third-order valence-electron chi connectivity index (χ3n) is 7.08. The number of aliphatic hydroxyl groups excluding tert-OH is 1. The van der Waals surface area contributed by atoms with E-state index in [4.69, 9.17) is 5.73 Å². The van der Waals surface area contributed by atoms with Crippen molar-refractivity contribution >= 4 is 23.6 Å². The molecule has 1 aromatic heterocycles. The van der Waals surface area contributed by atoms with Crippen LogP contribution in [0.1, 0.15) is 72.4 Å². The van der Waals surface area contributed by atoms with E-state index in [1.54, 1.807) is 18.5 Å². The van der Waals surface area contributed by atoms with E-state index in [2.05, 4.69) is 10.4 Å². The lowest BCUT2D eigenvalue weighted by atomic mass is 9.95. The minimum absolute atomic E-state index is 0.0971. The first kappa shape index (κ1) is 33.1. The molecule has 0 radical (unpaired) electrons. The van der Waals surface area contributed by atoms with Crippen molar-refractivity contribution in [2.45, 2.75) is 97.4 Å². The van der Waals surface area contributed by atoms with Gasteiger partial charge in [-0.05, 0) is 56.9 Å². The molecule has 4 N–H and O–H groups in total. The number of nitrogens with one attached hydrogen (secondary N) is 1.